The molecule has 0 unspecified atom stereocenters. The fourth-order valence-corrected chi connectivity index (χ4v) is 3.44. The molecule has 0 bridgehead atoms. The summed E-state index contributed by atoms with van der Waals surface area (Å²) in [7, 11) is 1.65. The van der Waals surface area contributed by atoms with Crippen molar-refractivity contribution in [3.8, 4) is 5.75 Å². The van der Waals surface area contributed by atoms with Gasteiger partial charge in [-0.2, -0.15) is 0 Å². The SMILES string of the molecule is COc1ccc2[nH]c(C)c(CC(=O)Nc3c(C)cc(C)cc3C)c2c1. The lowest BCUT2D eigenvalue weighted by Gasteiger charge is -2.13. The third-order valence-electron chi connectivity index (χ3n) is 4.61. The van der Waals surface area contributed by atoms with Crippen LogP contribution in [0.15, 0.2) is 30.3 Å². The van der Waals surface area contributed by atoms with Gasteiger partial charge in [0.15, 0.2) is 0 Å². The maximum atomic E-state index is 12.7. The fourth-order valence-electron chi connectivity index (χ4n) is 3.44. The lowest BCUT2D eigenvalue weighted by molar-refractivity contribution is -0.115. The minimum absolute atomic E-state index is 0.0122. The summed E-state index contributed by atoms with van der Waals surface area (Å²) in [5.74, 6) is 0.778. The van der Waals surface area contributed by atoms with Crippen LogP contribution in [0.4, 0.5) is 5.69 Å². The monoisotopic (exact) mass is 336 g/mol. The van der Waals surface area contributed by atoms with Crippen LogP contribution in [0, 0.1) is 27.7 Å². The minimum atomic E-state index is -0.0122. The van der Waals surface area contributed by atoms with E-state index in [2.05, 4.69) is 29.4 Å². The number of carbonyl (C=O) groups is 1. The van der Waals surface area contributed by atoms with E-state index in [-0.39, 0.29) is 5.91 Å². The second kappa shape index (κ2) is 6.63. The molecule has 4 heteroatoms. The smallest absolute Gasteiger partial charge is 0.228 e. The number of rotatable bonds is 4. The van der Waals surface area contributed by atoms with Crippen molar-refractivity contribution in [2.45, 2.75) is 34.1 Å². The Bertz CT molecular complexity index is 931. The summed E-state index contributed by atoms with van der Waals surface area (Å²) in [4.78, 5) is 16.0. The zero-order valence-corrected chi connectivity index (χ0v) is 15.4. The number of benzene rings is 2. The Morgan fingerprint density at radius 1 is 1.08 bits per heavy atom. The van der Waals surface area contributed by atoms with E-state index in [9.17, 15) is 4.79 Å². The van der Waals surface area contributed by atoms with Gasteiger partial charge in [0, 0.05) is 22.3 Å². The van der Waals surface area contributed by atoms with Crippen LogP contribution >= 0.6 is 0 Å². The molecule has 3 rings (SSSR count). The van der Waals surface area contributed by atoms with Crippen LogP contribution in [0.2, 0.25) is 0 Å². The molecule has 4 nitrogen and oxygen atoms in total. The Hall–Kier alpha value is -2.75. The average Bonchev–Trinajstić information content (AvgIpc) is 2.86. The summed E-state index contributed by atoms with van der Waals surface area (Å²) in [6.07, 6.45) is 0.325. The van der Waals surface area contributed by atoms with Gasteiger partial charge in [0.2, 0.25) is 5.91 Å². The van der Waals surface area contributed by atoms with E-state index in [1.165, 1.54) is 5.56 Å². The van der Waals surface area contributed by atoms with Crippen molar-refractivity contribution in [1.29, 1.82) is 0 Å². The zero-order chi connectivity index (χ0) is 18.1. The summed E-state index contributed by atoms with van der Waals surface area (Å²) < 4.78 is 5.32. The largest absolute Gasteiger partial charge is 0.497 e. The summed E-state index contributed by atoms with van der Waals surface area (Å²) in [6.45, 7) is 8.11. The number of hydrogen-bond donors (Lipinski definition) is 2. The number of aromatic nitrogens is 1. The molecule has 130 valence electrons. The summed E-state index contributed by atoms with van der Waals surface area (Å²) >= 11 is 0. The van der Waals surface area contributed by atoms with E-state index in [0.29, 0.717) is 6.42 Å². The highest BCUT2D eigenvalue weighted by Crippen LogP contribution is 2.28. The first-order valence-electron chi connectivity index (χ1n) is 8.42. The number of methoxy groups -OCH3 is 1. The molecule has 0 aliphatic rings. The Labute approximate surface area is 148 Å². The first-order valence-corrected chi connectivity index (χ1v) is 8.42. The van der Waals surface area contributed by atoms with Gasteiger partial charge in [0.1, 0.15) is 5.75 Å². The molecule has 0 saturated heterocycles. The molecule has 0 radical (unpaired) electrons. The molecule has 1 amide bonds. The van der Waals surface area contributed by atoms with Crippen molar-refractivity contribution < 1.29 is 9.53 Å². The van der Waals surface area contributed by atoms with Gasteiger partial charge in [-0.3, -0.25) is 4.79 Å². The maximum absolute atomic E-state index is 12.7. The van der Waals surface area contributed by atoms with E-state index in [1.54, 1.807) is 7.11 Å². The molecule has 25 heavy (non-hydrogen) atoms. The molecule has 2 aromatic carbocycles. The van der Waals surface area contributed by atoms with Gasteiger partial charge in [0.05, 0.1) is 13.5 Å². The Morgan fingerprint density at radius 3 is 2.40 bits per heavy atom. The number of aryl methyl sites for hydroxylation is 4. The number of H-pyrrole nitrogens is 1. The molecule has 0 atom stereocenters. The number of amides is 1. The Morgan fingerprint density at radius 2 is 1.76 bits per heavy atom. The van der Waals surface area contributed by atoms with Crippen molar-refractivity contribution in [1.82, 2.24) is 4.98 Å². The maximum Gasteiger partial charge on any atom is 0.228 e. The highest BCUT2D eigenvalue weighted by Gasteiger charge is 2.15. The molecular weight excluding hydrogens is 312 g/mol. The van der Waals surface area contributed by atoms with E-state index < -0.39 is 0 Å². The Balaban J connectivity index is 1.89. The molecule has 0 aliphatic carbocycles. The highest BCUT2D eigenvalue weighted by atomic mass is 16.5. The van der Waals surface area contributed by atoms with Crippen LogP contribution in [0.1, 0.15) is 27.9 Å². The predicted octanol–water partition coefficient (Wildman–Crippen LogP) is 4.59. The van der Waals surface area contributed by atoms with E-state index in [0.717, 1.165) is 44.7 Å². The second-order valence-corrected chi connectivity index (χ2v) is 6.64. The molecule has 1 heterocycles. The number of aromatic amines is 1. The highest BCUT2D eigenvalue weighted by molar-refractivity contribution is 5.97. The van der Waals surface area contributed by atoms with Gasteiger partial charge in [-0.1, -0.05) is 17.7 Å². The fraction of sp³-hybridized carbons (Fsp3) is 0.286. The lowest BCUT2D eigenvalue weighted by Crippen LogP contribution is -2.16. The van der Waals surface area contributed by atoms with Gasteiger partial charge < -0.3 is 15.0 Å². The van der Waals surface area contributed by atoms with E-state index in [4.69, 9.17) is 4.74 Å². The molecule has 3 aromatic rings. The van der Waals surface area contributed by atoms with Crippen molar-refractivity contribution in [2.75, 3.05) is 12.4 Å². The molecule has 0 aliphatic heterocycles. The molecule has 2 N–H and O–H groups in total. The van der Waals surface area contributed by atoms with Gasteiger partial charge in [-0.05, 0) is 62.6 Å². The number of carbonyl (C=O) groups excluding carboxylic acids is 1. The van der Waals surface area contributed by atoms with Crippen molar-refractivity contribution in [3.63, 3.8) is 0 Å². The first kappa shape index (κ1) is 17.1. The summed E-state index contributed by atoms with van der Waals surface area (Å²) in [5, 5.41) is 4.11. The minimum Gasteiger partial charge on any atom is -0.497 e. The Kier molecular flexibility index (Phi) is 4.53. The number of hydrogen-bond acceptors (Lipinski definition) is 2. The van der Waals surface area contributed by atoms with Crippen LogP contribution in [-0.2, 0) is 11.2 Å². The van der Waals surface area contributed by atoms with Crippen LogP contribution in [0.5, 0.6) is 5.75 Å². The third kappa shape index (κ3) is 3.38. The predicted molar refractivity (Wildman–Crippen MR) is 103 cm³/mol. The summed E-state index contributed by atoms with van der Waals surface area (Å²) in [6, 6.07) is 10.1. The number of fused-ring (bicyclic) bond motifs is 1. The number of nitrogens with one attached hydrogen (secondary N) is 2. The van der Waals surface area contributed by atoms with Gasteiger partial charge in [0.25, 0.3) is 0 Å². The van der Waals surface area contributed by atoms with Crippen molar-refractivity contribution in [2.24, 2.45) is 0 Å². The van der Waals surface area contributed by atoms with E-state index >= 15 is 0 Å². The first-order chi connectivity index (χ1) is 11.9. The zero-order valence-electron chi connectivity index (χ0n) is 15.4. The topological polar surface area (TPSA) is 54.1 Å². The molecule has 0 spiro atoms. The standard InChI is InChI=1S/C21H24N2O2/c1-12-8-13(2)21(14(3)9-12)23-20(24)11-17-15(4)22-19-7-6-16(25-5)10-18(17)19/h6-10,22H,11H2,1-5H3,(H,23,24). The van der Waals surface area contributed by atoms with Crippen LogP contribution < -0.4 is 10.1 Å². The molecule has 0 saturated carbocycles. The molecular formula is C21H24N2O2. The second-order valence-electron chi connectivity index (χ2n) is 6.64. The van der Waals surface area contributed by atoms with Gasteiger partial charge in [-0.15, -0.1) is 0 Å². The molecule has 0 fully saturated rings. The average molecular weight is 336 g/mol. The third-order valence-corrected chi connectivity index (χ3v) is 4.61. The van der Waals surface area contributed by atoms with Crippen LogP contribution in [0.3, 0.4) is 0 Å². The number of ether oxygens (including phenoxy) is 1. The van der Waals surface area contributed by atoms with Crippen LogP contribution in [-0.4, -0.2) is 18.0 Å². The van der Waals surface area contributed by atoms with Crippen LogP contribution in [0.25, 0.3) is 10.9 Å². The van der Waals surface area contributed by atoms with Crippen molar-refractivity contribution >= 4 is 22.5 Å². The van der Waals surface area contributed by atoms with Crippen molar-refractivity contribution in [3.05, 3.63) is 58.3 Å². The number of anilines is 1. The normalized spacial score (nSPS) is 10.9. The summed E-state index contributed by atoms with van der Waals surface area (Å²) in [5.41, 5.74) is 7.32. The van der Waals surface area contributed by atoms with Gasteiger partial charge >= 0.3 is 0 Å². The van der Waals surface area contributed by atoms with Gasteiger partial charge in [-0.25, -0.2) is 0 Å². The lowest BCUT2D eigenvalue weighted by atomic mass is 10.0. The quantitative estimate of drug-likeness (QED) is 0.732. The van der Waals surface area contributed by atoms with E-state index in [1.807, 2.05) is 39.0 Å². The molecule has 1 aromatic heterocycles.